The molecule has 8 heteroatoms. The van der Waals surface area contributed by atoms with Crippen LogP contribution in [0.1, 0.15) is 16.1 Å². The summed E-state index contributed by atoms with van der Waals surface area (Å²) in [7, 11) is 1.57. The second-order valence-electron chi connectivity index (χ2n) is 6.67. The number of carbonyl (C=O) groups excluding carboxylic acids is 2. The number of fused-ring (bicyclic) bond motifs is 1. The van der Waals surface area contributed by atoms with Crippen LogP contribution in [-0.4, -0.2) is 24.0 Å². The van der Waals surface area contributed by atoms with Crippen molar-refractivity contribution in [2.45, 2.75) is 6.61 Å². The molecule has 0 aliphatic rings. The van der Waals surface area contributed by atoms with E-state index in [9.17, 15) is 9.59 Å². The Balaban J connectivity index is 1.40. The highest BCUT2D eigenvalue weighted by Crippen LogP contribution is 2.32. The van der Waals surface area contributed by atoms with Crippen LogP contribution in [-0.2, 0) is 6.61 Å². The fourth-order valence-electron chi connectivity index (χ4n) is 2.94. The number of nitrogens with zero attached hydrogens (tertiary/aromatic N) is 1. The minimum absolute atomic E-state index is 0.238. The Hall–Kier alpha value is -3.91. The Kier molecular flexibility index (Phi) is 6.09. The second-order valence-corrected chi connectivity index (χ2v) is 7.76. The first-order chi connectivity index (χ1) is 15.1. The third-order valence-corrected chi connectivity index (χ3v) is 5.46. The number of anilines is 2. The first kappa shape index (κ1) is 20.4. The van der Waals surface area contributed by atoms with Gasteiger partial charge in [-0.3, -0.25) is 15.1 Å². The Morgan fingerprint density at radius 3 is 2.65 bits per heavy atom. The summed E-state index contributed by atoms with van der Waals surface area (Å²) in [6.07, 6.45) is 1.59. The van der Waals surface area contributed by atoms with E-state index in [0.717, 1.165) is 26.3 Å². The minimum Gasteiger partial charge on any atom is -0.489 e. The van der Waals surface area contributed by atoms with Crippen molar-refractivity contribution in [2.75, 3.05) is 17.7 Å². The lowest BCUT2D eigenvalue weighted by Crippen LogP contribution is -2.19. The number of rotatable bonds is 6. The fraction of sp³-hybridized carbons (Fsp3) is 0.0870. The zero-order valence-corrected chi connectivity index (χ0v) is 17.5. The standard InChI is InChI=1S/C23H20N4O3S/c1-24-22(28)19-11-15(9-10-25-19)14-30-18-8-7-16-12-21(31-20(16)13-18)27-23(29)26-17-5-3-2-4-6-17/h2-13H,14H2,1H3,(H,24,28)(H2,26,27,29). The van der Waals surface area contributed by atoms with Crippen LogP contribution >= 0.6 is 11.3 Å². The number of carbonyl (C=O) groups is 2. The molecule has 7 nitrogen and oxygen atoms in total. The zero-order valence-electron chi connectivity index (χ0n) is 16.7. The Morgan fingerprint density at radius 1 is 1.00 bits per heavy atom. The van der Waals surface area contributed by atoms with Crippen LogP contribution in [0.15, 0.2) is 72.9 Å². The molecule has 0 radical (unpaired) electrons. The van der Waals surface area contributed by atoms with Gasteiger partial charge < -0.3 is 15.4 Å². The van der Waals surface area contributed by atoms with Crippen molar-refractivity contribution in [3.8, 4) is 5.75 Å². The lowest BCUT2D eigenvalue weighted by molar-refractivity contribution is 0.0958. The summed E-state index contributed by atoms with van der Waals surface area (Å²) in [5, 5.41) is 9.97. The maximum Gasteiger partial charge on any atom is 0.324 e. The monoisotopic (exact) mass is 432 g/mol. The number of aromatic nitrogens is 1. The molecule has 31 heavy (non-hydrogen) atoms. The number of hydrogen-bond acceptors (Lipinski definition) is 5. The molecule has 0 saturated heterocycles. The van der Waals surface area contributed by atoms with Gasteiger partial charge in [-0.05, 0) is 59.5 Å². The SMILES string of the molecule is CNC(=O)c1cc(COc2ccc3cc(NC(=O)Nc4ccccc4)sc3c2)ccn1. The average Bonchev–Trinajstić information content (AvgIpc) is 3.19. The average molecular weight is 433 g/mol. The molecule has 4 aromatic rings. The molecule has 0 aliphatic heterocycles. The van der Waals surface area contributed by atoms with E-state index in [2.05, 4.69) is 20.9 Å². The van der Waals surface area contributed by atoms with Gasteiger partial charge in [0.25, 0.3) is 5.91 Å². The molecule has 4 rings (SSSR count). The van der Waals surface area contributed by atoms with Crippen molar-refractivity contribution < 1.29 is 14.3 Å². The summed E-state index contributed by atoms with van der Waals surface area (Å²) in [5.74, 6) is 0.464. The Labute approximate surface area is 183 Å². The van der Waals surface area contributed by atoms with Gasteiger partial charge in [-0.25, -0.2) is 4.79 Å². The molecule has 2 aromatic heterocycles. The molecule has 0 unspecified atom stereocenters. The summed E-state index contributed by atoms with van der Waals surface area (Å²) in [4.78, 5) is 28.0. The number of para-hydroxylation sites is 1. The highest BCUT2D eigenvalue weighted by atomic mass is 32.1. The largest absolute Gasteiger partial charge is 0.489 e. The highest BCUT2D eigenvalue weighted by molar-refractivity contribution is 7.23. The normalized spacial score (nSPS) is 10.5. The van der Waals surface area contributed by atoms with Crippen LogP contribution < -0.4 is 20.7 Å². The van der Waals surface area contributed by atoms with E-state index in [-0.39, 0.29) is 11.9 Å². The fourth-order valence-corrected chi connectivity index (χ4v) is 3.93. The van der Waals surface area contributed by atoms with Gasteiger partial charge in [0.05, 0.1) is 5.00 Å². The molecule has 0 atom stereocenters. The van der Waals surface area contributed by atoms with Gasteiger partial charge >= 0.3 is 6.03 Å². The van der Waals surface area contributed by atoms with Gasteiger partial charge in [0.2, 0.25) is 0 Å². The van der Waals surface area contributed by atoms with E-state index >= 15 is 0 Å². The number of hydrogen-bond donors (Lipinski definition) is 3. The van der Waals surface area contributed by atoms with Gasteiger partial charge in [-0.2, -0.15) is 0 Å². The van der Waals surface area contributed by atoms with Crippen LogP contribution in [0.2, 0.25) is 0 Å². The number of ether oxygens (including phenoxy) is 1. The lowest BCUT2D eigenvalue weighted by atomic mass is 10.2. The minimum atomic E-state index is -0.293. The molecule has 0 aliphatic carbocycles. The molecule has 156 valence electrons. The third kappa shape index (κ3) is 5.18. The molecular weight excluding hydrogens is 412 g/mol. The van der Waals surface area contributed by atoms with Crippen LogP contribution in [0.3, 0.4) is 0 Å². The van der Waals surface area contributed by atoms with E-state index in [4.69, 9.17) is 4.74 Å². The second kappa shape index (κ2) is 9.27. The van der Waals surface area contributed by atoms with Crippen molar-refractivity contribution in [1.82, 2.24) is 10.3 Å². The molecule has 3 amide bonds. The molecule has 0 fully saturated rings. The van der Waals surface area contributed by atoms with E-state index in [1.54, 1.807) is 19.3 Å². The molecule has 3 N–H and O–H groups in total. The maximum absolute atomic E-state index is 12.2. The first-order valence-corrected chi connectivity index (χ1v) is 10.4. The molecule has 0 bridgehead atoms. The predicted molar refractivity (Wildman–Crippen MR) is 123 cm³/mol. The van der Waals surface area contributed by atoms with Crippen molar-refractivity contribution in [2.24, 2.45) is 0 Å². The molecule has 2 heterocycles. The number of urea groups is 1. The summed E-state index contributed by atoms with van der Waals surface area (Å²) in [6, 6.07) is 20.2. The van der Waals surface area contributed by atoms with Gasteiger partial charge in [0.1, 0.15) is 18.1 Å². The topological polar surface area (TPSA) is 92.4 Å². The van der Waals surface area contributed by atoms with E-state index < -0.39 is 0 Å². The molecule has 0 saturated carbocycles. The van der Waals surface area contributed by atoms with E-state index in [1.807, 2.05) is 60.7 Å². The number of amides is 3. The van der Waals surface area contributed by atoms with Crippen molar-refractivity contribution in [3.63, 3.8) is 0 Å². The highest BCUT2D eigenvalue weighted by Gasteiger charge is 2.09. The number of nitrogens with one attached hydrogen (secondary N) is 3. The molecule has 0 spiro atoms. The number of pyridine rings is 1. The summed E-state index contributed by atoms with van der Waals surface area (Å²) in [5.41, 5.74) is 1.93. The van der Waals surface area contributed by atoms with Crippen LogP contribution in [0.25, 0.3) is 10.1 Å². The van der Waals surface area contributed by atoms with Gasteiger partial charge in [0.15, 0.2) is 0 Å². The summed E-state index contributed by atoms with van der Waals surface area (Å²) in [6.45, 7) is 0.313. The third-order valence-electron chi connectivity index (χ3n) is 4.45. The summed E-state index contributed by atoms with van der Waals surface area (Å²) >= 11 is 1.47. The van der Waals surface area contributed by atoms with Crippen LogP contribution in [0.5, 0.6) is 5.75 Å². The van der Waals surface area contributed by atoms with Gasteiger partial charge in [0, 0.05) is 23.6 Å². The Morgan fingerprint density at radius 2 is 1.84 bits per heavy atom. The first-order valence-electron chi connectivity index (χ1n) is 9.57. The quantitative estimate of drug-likeness (QED) is 0.405. The van der Waals surface area contributed by atoms with Crippen LogP contribution in [0.4, 0.5) is 15.5 Å². The maximum atomic E-state index is 12.2. The summed E-state index contributed by atoms with van der Waals surface area (Å²) < 4.78 is 6.88. The molecule has 2 aromatic carbocycles. The van der Waals surface area contributed by atoms with Gasteiger partial charge in [-0.15, -0.1) is 11.3 Å². The van der Waals surface area contributed by atoms with Crippen molar-refractivity contribution in [3.05, 3.63) is 84.2 Å². The Bertz CT molecular complexity index is 1220. The predicted octanol–water partition coefficient (Wildman–Crippen LogP) is 4.88. The number of thiophene rings is 1. The van der Waals surface area contributed by atoms with Crippen LogP contribution in [0, 0.1) is 0 Å². The van der Waals surface area contributed by atoms with E-state index in [0.29, 0.717) is 18.1 Å². The van der Waals surface area contributed by atoms with Gasteiger partial charge in [-0.1, -0.05) is 18.2 Å². The van der Waals surface area contributed by atoms with Crippen molar-refractivity contribution in [1.29, 1.82) is 0 Å². The van der Waals surface area contributed by atoms with E-state index in [1.165, 1.54) is 11.3 Å². The lowest BCUT2D eigenvalue weighted by Gasteiger charge is -2.07. The number of benzene rings is 2. The zero-order chi connectivity index (χ0) is 21.6. The van der Waals surface area contributed by atoms with Crippen molar-refractivity contribution >= 4 is 44.0 Å². The molecular formula is C23H20N4O3S. The smallest absolute Gasteiger partial charge is 0.324 e.